The molecule has 0 aromatic heterocycles. The summed E-state index contributed by atoms with van der Waals surface area (Å²) in [6.45, 7) is 2.11. The number of phenols is 1. The van der Waals surface area contributed by atoms with Crippen LogP contribution in [0.5, 0.6) is 5.75 Å². The van der Waals surface area contributed by atoms with Gasteiger partial charge in [0, 0.05) is 16.3 Å². The van der Waals surface area contributed by atoms with Gasteiger partial charge in [-0.25, -0.2) is 0 Å². The second-order valence-corrected chi connectivity index (χ2v) is 6.96. The van der Waals surface area contributed by atoms with Gasteiger partial charge >= 0.3 is 0 Å². The number of halogens is 1. The van der Waals surface area contributed by atoms with Crippen LogP contribution in [-0.4, -0.2) is 16.5 Å². The fraction of sp³-hybridized carbons (Fsp3) is 0.167. The van der Waals surface area contributed by atoms with Crippen molar-refractivity contribution in [2.24, 2.45) is 0 Å². The van der Waals surface area contributed by atoms with Gasteiger partial charge in [0.05, 0.1) is 4.91 Å². The molecule has 3 rings (SSSR count). The molecule has 2 aromatic carbocycles. The summed E-state index contributed by atoms with van der Waals surface area (Å²) in [6, 6.07) is 12.9. The molecular weight excluding hydrogens is 344 g/mol. The molecule has 124 valence electrons. The maximum atomic E-state index is 12.1. The molecule has 4 nitrogen and oxygen atoms in total. The molecule has 3 N–H and O–H groups in total. The van der Waals surface area contributed by atoms with Crippen molar-refractivity contribution in [1.29, 1.82) is 0 Å². The van der Waals surface area contributed by atoms with Gasteiger partial charge < -0.3 is 15.7 Å². The number of carbonyl (C=O) groups excluding carboxylic acids is 1. The van der Waals surface area contributed by atoms with Gasteiger partial charge in [-0.05, 0) is 48.4 Å². The SMILES string of the molecule is CCc1ccc(N[C@H]2NC(=O)/C(=C/c3cc(Cl)ccc3O)S2)cc1. The maximum Gasteiger partial charge on any atom is 0.260 e. The summed E-state index contributed by atoms with van der Waals surface area (Å²) in [4.78, 5) is 12.6. The molecule has 0 radical (unpaired) electrons. The van der Waals surface area contributed by atoms with Crippen LogP contribution in [0.2, 0.25) is 5.02 Å². The molecule has 1 heterocycles. The number of aryl methyl sites for hydroxylation is 1. The predicted octanol–water partition coefficient (Wildman–Crippen LogP) is 4.21. The second kappa shape index (κ2) is 7.20. The van der Waals surface area contributed by atoms with Crippen molar-refractivity contribution in [3.05, 3.63) is 63.5 Å². The first-order valence-corrected chi connectivity index (χ1v) is 8.84. The molecule has 1 atom stereocenters. The Hall–Kier alpha value is -2.11. The largest absolute Gasteiger partial charge is 0.507 e. The van der Waals surface area contributed by atoms with E-state index in [1.165, 1.54) is 23.4 Å². The molecule has 6 heteroatoms. The summed E-state index contributed by atoms with van der Waals surface area (Å²) in [6.07, 6.45) is 2.63. The molecule has 1 aliphatic heterocycles. The zero-order chi connectivity index (χ0) is 17.1. The third-order valence-corrected chi connectivity index (χ3v) is 4.93. The second-order valence-electron chi connectivity index (χ2n) is 5.38. The van der Waals surface area contributed by atoms with E-state index in [1.54, 1.807) is 18.2 Å². The number of nitrogens with one attached hydrogen (secondary N) is 2. The van der Waals surface area contributed by atoms with Crippen LogP contribution in [0.3, 0.4) is 0 Å². The Balaban J connectivity index is 1.73. The first-order chi connectivity index (χ1) is 11.5. The van der Waals surface area contributed by atoms with Gasteiger partial charge in [0.2, 0.25) is 0 Å². The smallest absolute Gasteiger partial charge is 0.260 e. The van der Waals surface area contributed by atoms with Gasteiger partial charge in [0.15, 0.2) is 5.50 Å². The average molecular weight is 361 g/mol. The van der Waals surface area contributed by atoms with E-state index in [2.05, 4.69) is 29.7 Å². The van der Waals surface area contributed by atoms with Crippen LogP contribution >= 0.6 is 23.4 Å². The van der Waals surface area contributed by atoms with Gasteiger partial charge in [0.1, 0.15) is 5.75 Å². The molecule has 1 saturated heterocycles. The van der Waals surface area contributed by atoms with E-state index in [1.807, 2.05) is 12.1 Å². The first kappa shape index (κ1) is 16.7. The summed E-state index contributed by atoms with van der Waals surface area (Å²) in [5.74, 6) is -0.0890. The van der Waals surface area contributed by atoms with E-state index >= 15 is 0 Å². The van der Waals surface area contributed by atoms with E-state index in [4.69, 9.17) is 11.6 Å². The highest BCUT2D eigenvalue weighted by Crippen LogP contribution is 2.32. The molecule has 1 aliphatic rings. The van der Waals surface area contributed by atoms with E-state index < -0.39 is 0 Å². The Bertz CT molecular complexity index is 790. The van der Waals surface area contributed by atoms with Crippen LogP contribution < -0.4 is 10.6 Å². The summed E-state index contributed by atoms with van der Waals surface area (Å²) in [5.41, 5.74) is 2.48. The highest BCUT2D eigenvalue weighted by Gasteiger charge is 2.27. The van der Waals surface area contributed by atoms with Crippen LogP contribution in [0.1, 0.15) is 18.1 Å². The molecule has 2 aromatic rings. The number of hydrogen-bond donors (Lipinski definition) is 3. The molecular formula is C18H17ClN2O2S. The maximum absolute atomic E-state index is 12.1. The van der Waals surface area contributed by atoms with Gasteiger partial charge in [0.25, 0.3) is 5.91 Å². The van der Waals surface area contributed by atoms with Crippen LogP contribution in [0.4, 0.5) is 5.69 Å². The lowest BCUT2D eigenvalue weighted by Gasteiger charge is -2.12. The number of amides is 1. The van der Waals surface area contributed by atoms with Gasteiger partial charge in [-0.3, -0.25) is 4.79 Å². The summed E-state index contributed by atoms with van der Waals surface area (Å²) < 4.78 is 0. The van der Waals surface area contributed by atoms with Crippen molar-refractivity contribution in [2.75, 3.05) is 5.32 Å². The van der Waals surface area contributed by atoms with Crippen LogP contribution in [-0.2, 0) is 11.2 Å². The van der Waals surface area contributed by atoms with Crippen molar-refractivity contribution in [3.8, 4) is 5.75 Å². The summed E-state index contributed by atoms with van der Waals surface area (Å²) in [7, 11) is 0. The molecule has 0 aliphatic carbocycles. The monoisotopic (exact) mass is 360 g/mol. The molecule has 0 unspecified atom stereocenters. The van der Waals surface area contributed by atoms with Gasteiger partial charge in [-0.15, -0.1) is 0 Å². The minimum Gasteiger partial charge on any atom is -0.507 e. The van der Waals surface area contributed by atoms with E-state index in [0.717, 1.165) is 12.1 Å². The molecule has 1 amide bonds. The quantitative estimate of drug-likeness (QED) is 0.715. The lowest BCUT2D eigenvalue weighted by atomic mass is 10.1. The van der Waals surface area contributed by atoms with Crippen LogP contribution in [0.15, 0.2) is 47.4 Å². The van der Waals surface area contributed by atoms with Crippen molar-refractivity contribution >= 4 is 41.0 Å². The number of carbonyl (C=O) groups is 1. The Morgan fingerprint density at radius 1 is 1.29 bits per heavy atom. The minimum absolute atomic E-state index is 0.0897. The number of anilines is 1. The standard InChI is InChI=1S/C18H17ClN2O2S/c1-2-11-3-6-14(7-4-11)20-18-21-17(23)16(24-18)10-12-9-13(19)5-8-15(12)22/h3-10,18,20,22H,2H2,1H3,(H,21,23)/b16-10-/t18-/m0/s1. The highest BCUT2D eigenvalue weighted by molar-refractivity contribution is 8.05. The van der Waals surface area contributed by atoms with Gasteiger partial charge in [-0.1, -0.05) is 42.4 Å². The van der Waals surface area contributed by atoms with Crippen LogP contribution in [0.25, 0.3) is 6.08 Å². The van der Waals surface area contributed by atoms with E-state index in [0.29, 0.717) is 15.5 Å². The number of thioether (sulfide) groups is 1. The van der Waals surface area contributed by atoms with Crippen molar-refractivity contribution in [2.45, 2.75) is 18.8 Å². The van der Waals surface area contributed by atoms with Crippen LogP contribution in [0, 0.1) is 0 Å². The van der Waals surface area contributed by atoms with Crippen molar-refractivity contribution in [3.63, 3.8) is 0 Å². The van der Waals surface area contributed by atoms with E-state index in [-0.39, 0.29) is 17.2 Å². The Kier molecular flexibility index (Phi) is 5.02. The summed E-state index contributed by atoms with van der Waals surface area (Å²) in [5, 5.41) is 16.5. The lowest BCUT2D eigenvalue weighted by Crippen LogP contribution is -2.30. The normalized spacial score (nSPS) is 18.7. The molecule has 0 bridgehead atoms. The Labute approximate surface area is 149 Å². The predicted molar refractivity (Wildman–Crippen MR) is 100 cm³/mol. The lowest BCUT2D eigenvalue weighted by molar-refractivity contribution is -0.116. The zero-order valence-corrected chi connectivity index (χ0v) is 14.6. The van der Waals surface area contributed by atoms with Crippen molar-refractivity contribution < 1.29 is 9.90 Å². The zero-order valence-electron chi connectivity index (χ0n) is 13.0. The first-order valence-electron chi connectivity index (χ1n) is 7.58. The molecule has 0 spiro atoms. The summed E-state index contributed by atoms with van der Waals surface area (Å²) >= 11 is 7.31. The third kappa shape index (κ3) is 3.86. The molecule has 0 saturated carbocycles. The number of hydrogen-bond acceptors (Lipinski definition) is 4. The van der Waals surface area contributed by atoms with Crippen molar-refractivity contribution in [1.82, 2.24) is 5.32 Å². The van der Waals surface area contributed by atoms with Gasteiger partial charge in [-0.2, -0.15) is 0 Å². The fourth-order valence-electron chi connectivity index (χ4n) is 2.34. The number of benzene rings is 2. The third-order valence-electron chi connectivity index (χ3n) is 3.67. The topological polar surface area (TPSA) is 61.4 Å². The molecule has 1 fully saturated rings. The number of phenolic OH excluding ortho intramolecular Hbond substituents is 1. The fourth-order valence-corrected chi connectivity index (χ4v) is 3.49. The minimum atomic E-state index is -0.252. The number of rotatable bonds is 4. The average Bonchev–Trinajstić information content (AvgIpc) is 2.91. The Morgan fingerprint density at radius 3 is 2.75 bits per heavy atom. The van der Waals surface area contributed by atoms with E-state index in [9.17, 15) is 9.90 Å². The Morgan fingerprint density at radius 2 is 2.04 bits per heavy atom. The molecule has 24 heavy (non-hydrogen) atoms. The number of aromatic hydroxyl groups is 1. The highest BCUT2D eigenvalue weighted by atomic mass is 35.5.